The monoisotopic (exact) mass is 395 g/mol. The second kappa shape index (κ2) is 7.60. The number of carbonyl (C=O) groups excluding carboxylic acids is 1. The van der Waals surface area contributed by atoms with Crippen LogP contribution in [0.2, 0.25) is 0 Å². The smallest absolute Gasteiger partial charge is 0.145 e. The van der Waals surface area contributed by atoms with Crippen LogP contribution in [0.3, 0.4) is 0 Å². The first-order valence-corrected chi connectivity index (χ1v) is 10.9. The minimum Gasteiger partial charge on any atom is -0.487 e. The Labute approximate surface area is 171 Å². The molecule has 1 aromatic heterocycles. The normalized spacial score (nSPS) is 26.1. The Hall–Kier alpha value is -2.14. The van der Waals surface area contributed by atoms with Crippen LogP contribution in [0.4, 0.5) is 0 Å². The molecule has 0 saturated heterocycles. The van der Waals surface area contributed by atoms with Crippen LogP contribution >= 0.6 is 0 Å². The molecule has 0 spiro atoms. The lowest BCUT2D eigenvalue weighted by Crippen LogP contribution is -2.31. The lowest BCUT2D eigenvalue weighted by molar-refractivity contribution is -0.130. The van der Waals surface area contributed by atoms with E-state index in [1.54, 1.807) is 0 Å². The summed E-state index contributed by atoms with van der Waals surface area (Å²) in [6.07, 6.45) is 6.29. The highest BCUT2D eigenvalue weighted by Crippen LogP contribution is 2.44. The molecule has 0 amide bonds. The second-order valence-electron chi connectivity index (χ2n) is 9.03. The summed E-state index contributed by atoms with van der Waals surface area (Å²) in [5, 5.41) is 4.34. The Morgan fingerprint density at radius 2 is 1.66 bits per heavy atom. The van der Waals surface area contributed by atoms with Crippen LogP contribution in [-0.4, -0.2) is 17.0 Å². The van der Waals surface area contributed by atoms with Crippen LogP contribution in [-0.2, 0) is 22.7 Å². The maximum Gasteiger partial charge on any atom is 0.145 e. The average Bonchev–Trinajstić information content (AvgIpc) is 3.44. The molecule has 5 nitrogen and oxygen atoms in total. The van der Waals surface area contributed by atoms with Crippen molar-refractivity contribution in [2.75, 3.05) is 0 Å². The topological polar surface area (TPSA) is 61.6 Å². The van der Waals surface area contributed by atoms with Gasteiger partial charge >= 0.3 is 0 Å². The largest absolute Gasteiger partial charge is 0.487 e. The molecular weight excluding hydrogens is 366 g/mol. The van der Waals surface area contributed by atoms with Crippen molar-refractivity contribution in [3.63, 3.8) is 0 Å². The van der Waals surface area contributed by atoms with E-state index < -0.39 is 0 Å². The number of hydrogen-bond donors (Lipinski definition) is 0. The van der Waals surface area contributed by atoms with Crippen molar-refractivity contribution in [2.45, 2.75) is 77.6 Å². The van der Waals surface area contributed by atoms with Crippen molar-refractivity contribution < 1.29 is 18.8 Å². The third-order valence-corrected chi connectivity index (χ3v) is 6.84. The first kappa shape index (κ1) is 18.9. The summed E-state index contributed by atoms with van der Waals surface area (Å²) in [7, 11) is 0. The molecule has 5 heteroatoms. The number of ketones is 1. The van der Waals surface area contributed by atoms with Gasteiger partial charge in [-0.3, -0.25) is 4.79 Å². The van der Waals surface area contributed by atoms with Crippen LogP contribution in [0.15, 0.2) is 22.7 Å². The third-order valence-electron chi connectivity index (χ3n) is 6.84. The van der Waals surface area contributed by atoms with Crippen LogP contribution in [0, 0.1) is 25.7 Å². The van der Waals surface area contributed by atoms with Gasteiger partial charge in [0, 0.05) is 23.3 Å². The summed E-state index contributed by atoms with van der Waals surface area (Å²) < 4.78 is 18.2. The van der Waals surface area contributed by atoms with Crippen LogP contribution in [0.25, 0.3) is 0 Å². The Morgan fingerprint density at radius 1 is 1.00 bits per heavy atom. The molecule has 0 aliphatic heterocycles. The first-order chi connectivity index (χ1) is 14.1. The SMILES string of the molecule is Cc1cccc(C)c1OCc1noc(C2CC2)c1COC1CC2CCC(C1)C2=O. The first-order valence-electron chi connectivity index (χ1n) is 10.9. The zero-order valence-electron chi connectivity index (χ0n) is 17.3. The standard InChI is InChI=1S/C24H29NO4/c1-14-4-3-5-15(2)23(14)28-13-21-20(24(29-25-21)16-6-7-16)12-27-19-10-17-8-9-18(11-19)22(17)26/h3-5,16-19H,6-13H2,1-2H3. The van der Waals surface area contributed by atoms with Gasteiger partial charge in [-0.05, 0) is 63.5 Å². The summed E-state index contributed by atoms with van der Waals surface area (Å²) in [6, 6.07) is 6.16. The van der Waals surface area contributed by atoms with E-state index in [-0.39, 0.29) is 17.9 Å². The summed E-state index contributed by atoms with van der Waals surface area (Å²) in [5.41, 5.74) is 4.14. The third kappa shape index (κ3) is 3.73. The number of rotatable bonds is 7. The number of ether oxygens (including phenoxy) is 2. The summed E-state index contributed by atoms with van der Waals surface area (Å²) >= 11 is 0. The van der Waals surface area contributed by atoms with Gasteiger partial charge in [0.2, 0.25) is 0 Å². The van der Waals surface area contributed by atoms with Gasteiger partial charge in [-0.1, -0.05) is 23.4 Å². The predicted octanol–water partition coefficient (Wildman–Crippen LogP) is 5.02. The fraction of sp³-hybridized carbons (Fsp3) is 0.583. The van der Waals surface area contributed by atoms with E-state index in [2.05, 4.69) is 31.1 Å². The van der Waals surface area contributed by atoms with Gasteiger partial charge in [0.15, 0.2) is 0 Å². The maximum absolute atomic E-state index is 12.1. The van der Waals surface area contributed by atoms with Crippen LogP contribution in [0.5, 0.6) is 5.75 Å². The number of aryl methyl sites for hydroxylation is 2. The van der Waals surface area contributed by atoms with Crippen molar-refractivity contribution in [1.29, 1.82) is 0 Å². The number of carbonyl (C=O) groups is 1. The van der Waals surface area contributed by atoms with Crippen molar-refractivity contribution in [1.82, 2.24) is 5.16 Å². The molecule has 154 valence electrons. The molecule has 0 radical (unpaired) electrons. The molecule has 3 fully saturated rings. The number of hydrogen-bond acceptors (Lipinski definition) is 5. The van der Waals surface area contributed by atoms with Gasteiger partial charge in [0.1, 0.15) is 29.6 Å². The van der Waals surface area contributed by atoms with Crippen LogP contribution < -0.4 is 4.74 Å². The van der Waals surface area contributed by atoms with Gasteiger partial charge in [0.05, 0.1) is 12.7 Å². The lowest BCUT2D eigenvalue weighted by Gasteiger charge is -2.26. The number of nitrogens with zero attached hydrogens (tertiary/aromatic N) is 1. The number of Topliss-reactive ketones (excluding diaryl/α,β-unsaturated/α-hetero) is 1. The van der Waals surface area contributed by atoms with E-state index in [1.165, 1.54) is 0 Å². The van der Waals surface area contributed by atoms with Gasteiger partial charge in [-0.2, -0.15) is 0 Å². The molecule has 2 unspecified atom stereocenters. The maximum atomic E-state index is 12.1. The summed E-state index contributed by atoms with van der Waals surface area (Å²) in [4.78, 5) is 12.1. The van der Waals surface area contributed by atoms with E-state index in [9.17, 15) is 4.79 Å². The Balaban J connectivity index is 1.29. The van der Waals surface area contributed by atoms with Crippen molar-refractivity contribution in [3.8, 4) is 5.75 Å². The molecule has 29 heavy (non-hydrogen) atoms. The van der Waals surface area contributed by atoms with E-state index in [4.69, 9.17) is 14.0 Å². The summed E-state index contributed by atoms with van der Waals surface area (Å²) in [6.45, 7) is 5.00. The molecule has 2 atom stereocenters. The second-order valence-corrected chi connectivity index (χ2v) is 9.03. The fourth-order valence-corrected chi connectivity index (χ4v) is 5.01. The van der Waals surface area contributed by atoms with E-state index in [0.717, 1.165) is 72.4 Å². The average molecular weight is 395 g/mol. The van der Waals surface area contributed by atoms with Crippen molar-refractivity contribution in [3.05, 3.63) is 46.3 Å². The Bertz CT molecular complexity index is 877. The molecular formula is C24H29NO4. The molecule has 3 aliphatic carbocycles. The van der Waals surface area contributed by atoms with Gasteiger partial charge in [-0.15, -0.1) is 0 Å². The van der Waals surface area contributed by atoms with Gasteiger partial charge in [-0.25, -0.2) is 0 Å². The number of fused-ring (bicyclic) bond motifs is 2. The predicted molar refractivity (Wildman–Crippen MR) is 108 cm³/mol. The molecule has 1 heterocycles. The molecule has 0 N–H and O–H groups in total. The van der Waals surface area contributed by atoms with Crippen LogP contribution in [0.1, 0.15) is 72.6 Å². The minimum atomic E-state index is 0.166. The van der Waals surface area contributed by atoms with Crippen molar-refractivity contribution >= 4 is 5.78 Å². The Morgan fingerprint density at radius 3 is 2.31 bits per heavy atom. The Kier molecular flexibility index (Phi) is 4.94. The molecule has 2 bridgehead atoms. The number of benzene rings is 1. The van der Waals surface area contributed by atoms with Gasteiger partial charge < -0.3 is 14.0 Å². The zero-order valence-corrected chi connectivity index (χ0v) is 17.3. The highest BCUT2D eigenvalue weighted by atomic mass is 16.5. The molecule has 3 aliphatic rings. The lowest BCUT2D eigenvalue weighted by atomic mass is 9.86. The molecule has 2 aromatic rings. The molecule has 1 aromatic carbocycles. The van der Waals surface area contributed by atoms with E-state index in [1.807, 2.05) is 6.07 Å². The molecule has 3 saturated carbocycles. The minimum absolute atomic E-state index is 0.166. The zero-order chi connectivity index (χ0) is 20.0. The highest BCUT2D eigenvalue weighted by Gasteiger charge is 2.42. The van der Waals surface area contributed by atoms with Gasteiger partial charge in [0.25, 0.3) is 0 Å². The molecule has 5 rings (SSSR count). The van der Waals surface area contributed by atoms with E-state index in [0.29, 0.717) is 24.9 Å². The summed E-state index contributed by atoms with van der Waals surface area (Å²) in [5.74, 6) is 3.26. The van der Waals surface area contributed by atoms with Crippen molar-refractivity contribution in [2.24, 2.45) is 11.8 Å². The quantitative estimate of drug-likeness (QED) is 0.658. The fourth-order valence-electron chi connectivity index (χ4n) is 5.01. The van der Waals surface area contributed by atoms with E-state index >= 15 is 0 Å². The highest BCUT2D eigenvalue weighted by molar-refractivity contribution is 5.86. The number of aromatic nitrogens is 1. The number of para-hydroxylation sites is 1.